The van der Waals surface area contributed by atoms with Crippen molar-refractivity contribution in [2.24, 2.45) is 11.8 Å². The zero-order chi connectivity index (χ0) is 13.2. The summed E-state index contributed by atoms with van der Waals surface area (Å²) in [6, 6.07) is 3.36. The van der Waals surface area contributed by atoms with E-state index in [0.717, 1.165) is 25.7 Å². The van der Waals surface area contributed by atoms with Crippen LogP contribution in [0.25, 0.3) is 0 Å². The second kappa shape index (κ2) is 5.59. The van der Waals surface area contributed by atoms with Crippen molar-refractivity contribution in [3.8, 4) is 6.07 Å². The summed E-state index contributed by atoms with van der Waals surface area (Å²) in [5.41, 5.74) is -0.285. The molecular formula is C15H27N3. The third-order valence-electron chi connectivity index (χ3n) is 4.08. The second-order valence-electron chi connectivity index (χ2n) is 6.44. The summed E-state index contributed by atoms with van der Waals surface area (Å²) in [5.74, 6) is 1.26. The number of nitrogens with zero attached hydrogens (tertiary/aromatic N) is 2. The van der Waals surface area contributed by atoms with Crippen LogP contribution in [0.3, 0.4) is 0 Å². The molecule has 0 aromatic rings. The molecule has 0 aromatic carbocycles. The molecule has 0 radical (unpaired) electrons. The molecule has 1 N–H and O–H groups in total. The molecule has 1 atom stereocenters. The van der Waals surface area contributed by atoms with Crippen LogP contribution in [-0.4, -0.2) is 36.1 Å². The van der Waals surface area contributed by atoms with E-state index in [9.17, 15) is 5.26 Å². The molecule has 0 spiro atoms. The molecule has 0 amide bonds. The lowest BCUT2D eigenvalue weighted by Crippen LogP contribution is -2.55. The maximum absolute atomic E-state index is 9.66. The fourth-order valence-electron chi connectivity index (χ4n) is 2.96. The average Bonchev–Trinajstić information content (AvgIpc) is 3.19. The first-order valence-corrected chi connectivity index (χ1v) is 7.51. The van der Waals surface area contributed by atoms with Crippen LogP contribution in [0.2, 0.25) is 0 Å². The van der Waals surface area contributed by atoms with Gasteiger partial charge in [-0.3, -0.25) is 10.2 Å². The number of hydrogen-bond donors (Lipinski definition) is 1. The molecule has 2 rings (SSSR count). The number of likely N-dealkylation sites (N-methyl/N-ethyl adjacent to an activating group) is 1. The number of rotatable bonds is 8. The van der Waals surface area contributed by atoms with Gasteiger partial charge >= 0.3 is 0 Å². The smallest absolute Gasteiger partial charge is 0.122 e. The van der Waals surface area contributed by atoms with Gasteiger partial charge in [-0.15, -0.1) is 0 Å². The van der Waals surface area contributed by atoms with Gasteiger partial charge in [-0.05, 0) is 44.1 Å². The van der Waals surface area contributed by atoms with E-state index in [1.807, 2.05) is 0 Å². The molecule has 0 aliphatic heterocycles. The zero-order valence-corrected chi connectivity index (χ0v) is 12.1. The highest BCUT2D eigenvalue weighted by atomic mass is 15.2. The van der Waals surface area contributed by atoms with Gasteiger partial charge in [0.2, 0.25) is 0 Å². The molecular weight excluding hydrogens is 222 g/mol. The Hall–Kier alpha value is -0.590. The van der Waals surface area contributed by atoms with Crippen molar-refractivity contribution in [3.05, 3.63) is 0 Å². The predicted molar refractivity (Wildman–Crippen MR) is 74.2 cm³/mol. The first-order chi connectivity index (χ1) is 8.61. The standard InChI is InChI=1S/C15H27N3/c1-4-17-15(10-16,13-5-6-13)11-18(9-12(2)3)14-7-8-14/h12-14,17H,4-9,11H2,1-3H3. The molecule has 2 saturated carbocycles. The SMILES string of the molecule is CCNC(C#N)(CN(CC(C)C)C1CC1)C1CC1. The van der Waals surface area contributed by atoms with Crippen molar-refractivity contribution in [2.45, 2.75) is 58.0 Å². The van der Waals surface area contributed by atoms with Crippen molar-refractivity contribution in [3.63, 3.8) is 0 Å². The van der Waals surface area contributed by atoms with E-state index < -0.39 is 0 Å². The van der Waals surface area contributed by atoms with Gasteiger partial charge in [0.05, 0.1) is 6.07 Å². The van der Waals surface area contributed by atoms with Gasteiger partial charge in [0.25, 0.3) is 0 Å². The van der Waals surface area contributed by atoms with E-state index in [2.05, 4.69) is 37.1 Å². The predicted octanol–water partition coefficient (Wildman–Crippen LogP) is 2.39. The van der Waals surface area contributed by atoms with E-state index >= 15 is 0 Å². The molecule has 0 heterocycles. The quantitative estimate of drug-likeness (QED) is 0.718. The molecule has 1 unspecified atom stereocenters. The highest BCUT2D eigenvalue weighted by Gasteiger charge is 2.47. The Morgan fingerprint density at radius 3 is 2.39 bits per heavy atom. The minimum atomic E-state index is -0.285. The van der Waals surface area contributed by atoms with Crippen LogP contribution >= 0.6 is 0 Å². The molecule has 102 valence electrons. The van der Waals surface area contributed by atoms with Gasteiger partial charge in [0.15, 0.2) is 0 Å². The lowest BCUT2D eigenvalue weighted by Gasteiger charge is -2.35. The van der Waals surface area contributed by atoms with Crippen molar-refractivity contribution < 1.29 is 0 Å². The number of nitriles is 1. The zero-order valence-electron chi connectivity index (χ0n) is 12.1. The Morgan fingerprint density at radius 1 is 1.33 bits per heavy atom. The molecule has 0 saturated heterocycles. The van der Waals surface area contributed by atoms with E-state index in [1.54, 1.807) is 0 Å². The van der Waals surface area contributed by atoms with Crippen LogP contribution in [-0.2, 0) is 0 Å². The number of hydrogen-bond acceptors (Lipinski definition) is 3. The summed E-state index contributed by atoms with van der Waals surface area (Å²) in [6.07, 6.45) is 5.09. The Bertz CT molecular complexity index is 312. The molecule has 2 aliphatic rings. The molecule has 0 bridgehead atoms. The van der Waals surface area contributed by atoms with Gasteiger partial charge < -0.3 is 0 Å². The van der Waals surface area contributed by atoms with Crippen LogP contribution in [0.15, 0.2) is 0 Å². The van der Waals surface area contributed by atoms with Gasteiger partial charge in [-0.25, -0.2) is 0 Å². The third kappa shape index (κ3) is 3.24. The van der Waals surface area contributed by atoms with Crippen LogP contribution in [0, 0.1) is 23.2 Å². The first kappa shape index (κ1) is 13.8. The highest BCUT2D eigenvalue weighted by molar-refractivity contribution is 5.17. The van der Waals surface area contributed by atoms with Crippen LogP contribution in [0.5, 0.6) is 0 Å². The minimum Gasteiger partial charge on any atom is -0.298 e. The summed E-state index contributed by atoms with van der Waals surface area (Å²) >= 11 is 0. The van der Waals surface area contributed by atoms with Gasteiger partial charge in [-0.2, -0.15) is 5.26 Å². The maximum Gasteiger partial charge on any atom is 0.122 e. The van der Waals surface area contributed by atoms with Crippen molar-refractivity contribution in [2.75, 3.05) is 19.6 Å². The van der Waals surface area contributed by atoms with Crippen molar-refractivity contribution >= 4 is 0 Å². The molecule has 18 heavy (non-hydrogen) atoms. The van der Waals surface area contributed by atoms with Gasteiger partial charge in [-0.1, -0.05) is 20.8 Å². The Morgan fingerprint density at radius 2 is 2.00 bits per heavy atom. The molecule has 2 aliphatic carbocycles. The fourth-order valence-corrected chi connectivity index (χ4v) is 2.96. The second-order valence-corrected chi connectivity index (χ2v) is 6.44. The summed E-state index contributed by atoms with van der Waals surface area (Å²) in [6.45, 7) is 9.60. The molecule has 3 heteroatoms. The van der Waals surface area contributed by atoms with Gasteiger partial charge in [0, 0.05) is 19.1 Å². The lowest BCUT2D eigenvalue weighted by molar-refractivity contribution is 0.172. The monoisotopic (exact) mass is 249 g/mol. The molecule has 3 nitrogen and oxygen atoms in total. The average molecular weight is 249 g/mol. The summed E-state index contributed by atoms with van der Waals surface area (Å²) in [4.78, 5) is 2.56. The summed E-state index contributed by atoms with van der Waals surface area (Å²) < 4.78 is 0. The van der Waals surface area contributed by atoms with Crippen LogP contribution in [0.4, 0.5) is 0 Å². The Kier molecular flexibility index (Phi) is 4.29. The van der Waals surface area contributed by atoms with Crippen LogP contribution in [0.1, 0.15) is 46.5 Å². The Labute approximate surface area is 112 Å². The van der Waals surface area contributed by atoms with Crippen molar-refractivity contribution in [1.29, 1.82) is 5.26 Å². The number of nitrogens with one attached hydrogen (secondary N) is 1. The summed E-state index contributed by atoms with van der Waals surface area (Å²) in [7, 11) is 0. The van der Waals surface area contributed by atoms with E-state index in [1.165, 1.54) is 25.7 Å². The van der Waals surface area contributed by atoms with Crippen molar-refractivity contribution in [1.82, 2.24) is 10.2 Å². The third-order valence-corrected chi connectivity index (χ3v) is 4.08. The minimum absolute atomic E-state index is 0.285. The molecule has 0 aromatic heterocycles. The molecule has 2 fully saturated rings. The first-order valence-electron chi connectivity index (χ1n) is 7.51. The van der Waals surface area contributed by atoms with E-state index in [4.69, 9.17) is 0 Å². The fraction of sp³-hybridized carbons (Fsp3) is 0.933. The normalized spacial score (nSPS) is 23.1. The lowest BCUT2D eigenvalue weighted by atomic mass is 9.93. The highest BCUT2D eigenvalue weighted by Crippen LogP contribution is 2.41. The van der Waals surface area contributed by atoms with Crippen LogP contribution < -0.4 is 5.32 Å². The van der Waals surface area contributed by atoms with E-state index in [0.29, 0.717) is 11.8 Å². The maximum atomic E-state index is 9.66. The Balaban J connectivity index is 2.03. The topological polar surface area (TPSA) is 39.1 Å². The van der Waals surface area contributed by atoms with Gasteiger partial charge in [0.1, 0.15) is 5.54 Å². The summed E-state index contributed by atoms with van der Waals surface area (Å²) in [5, 5.41) is 13.2. The largest absolute Gasteiger partial charge is 0.298 e. The van der Waals surface area contributed by atoms with E-state index in [-0.39, 0.29) is 5.54 Å².